The fourth-order valence-electron chi connectivity index (χ4n) is 3.51. The number of hydrogen-bond donors (Lipinski definition) is 2. The van der Waals surface area contributed by atoms with Crippen LogP contribution < -0.4 is 10.6 Å². The average Bonchev–Trinajstić information content (AvgIpc) is 2.58. The molecule has 0 aromatic heterocycles. The molecule has 3 rings (SSSR count). The lowest BCUT2D eigenvalue weighted by molar-refractivity contribution is -0.131. The molecule has 2 aliphatic heterocycles. The molecule has 0 aliphatic carbocycles. The summed E-state index contributed by atoms with van der Waals surface area (Å²) < 4.78 is 26.8. The molecule has 0 unspecified atom stereocenters. The van der Waals surface area contributed by atoms with E-state index in [9.17, 15) is 18.4 Å². The zero-order chi connectivity index (χ0) is 17.8. The summed E-state index contributed by atoms with van der Waals surface area (Å²) in [5, 5.41) is 5.72. The SMILES string of the molecule is O=C1CCC[C@H](C(=O)N[C@H]2CCCN(Cc3ccc(F)cc3F)C2)N1. The van der Waals surface area contributed by atoms with E-state index in [-0.39, 0.29) is 17.9 Å². The van der Waals surface area contributed by atoms with Gasteiger partial charge in [0.05, 0.1) is 0 Å². The van der Waals surface area contributed by atoms with Crippen LogP contribution in [0.15, 0.2) is 18.2 Å². The standard InChI is InChI=1S/C18H23F2N3O2/c19-13-7-6-12(15(20)9-13)10-23-8-2-3-14(11-23)21-18(25)16-4-1-5-17(24)22-16/h6-7,9,14,16H,1-5,8,10-11H2,(H,21,25)(H,22,24)/t14-,16+/m0/s1. The van der Waals surface area contributed by atoms with Gasteiger partial charge in [-0.05, 0) is 38.3 Å². The van der Waals surface area contributed by atoms with Gasteiger partial charge in [-0.15, -0.1) is 0 Å². The Kier molecular flexibility index (Phi) is 5.63. The van der Waals surface area contributed by atoms with Gasteiger partial charge >= 0.3 is 0 Å². The normalized spacial score (nSPS) is 24.6. The highest BCUT2D eigenvalue weighted by Crippen LogP contribution is 2.17. The number of nitrogens with one attached hydrogen (secondary N) is 2. The Bertz CT molecular complexity index is 653. The number of hydrogen-bond acceptors (Lipinski definition) is 3. The molecule has 1 aromatic carbocycles. The smallest absolute Gasteiger partial charge is 0.242 e. The van der Waals surface area contributed by atoms with E-state index in [0.29, 0.717) is 31.5 Å². The average molecular weight is 351 g/mol. The minimum absolute atomic E-state index is 0.0245. The molecule has 1 aromatic rings. The van der Waals surface area contributed by atoms with Crippen molar-refractivity contribution in [2.45, 2.75) is 50.7 Å². The first-order valence-electron chi connectivity index (χ1n) is 8.77. The number of nitrogens with zero attached hydrogens (tertiary/aromatic N) is 1. The topological polar surface area (TPSA) is 61.4 Å². The van der Waals surface area contributed by atoms with E-state index in [2.05, 4.69) is 15.5 Å². The quantitative estimate of drug-likeness (QED) is 0.868. The van der Waals surface area contributed by atoms with Crippen LogP contribution in [0.3, 0.4) is 0 Å². The Hall–Kier alpha value is -2.02. The number of amides is 2. The number of halogens is 2. The molecule has 0 radical (unpaired) electrons. The molecule has 2 saturated heterocycles. The number of carbonyl (C=O) groups excluding carboxylic acids is 2. The fraction of sp³-hybridized carbons (Fsp3) is 0.556. The van der Waals surface area contributed by atoms with E-state index in [1.165, 1.54) is 12.1 Å². The van der Waals surface area contributed by atoms with Crippen molar-refractivity contribution in [2.75, 3.05) is 13.1 Å². The van der Waals surface area contributed by atoms with Crippen molar-refractivity contribution < 1.29 is 18.4 Å². The predicted molar refractivity (Wildman–Crippen MR) is 88.6 cm³/mol. The Morgan fingerprint density at radius 3 is 2.88 bits per heavy atom. The number of benzene rings is 1. The highest BCUT2D eigenvalue weighted by Gasteiger charge is 2.28. The maximum Gasteiger partial charge on any atom is 0.242 e. The van der Waals surface area contributed by atoms with Crippen LogP contribution in [0.25, 0.3) is 0 Å². The molecule has 7 heteroatoms. The van der Waals surface area contributed by atoms with Crippen molar-refractivity contribution in [3.63, 3.8) is 0 Å². The highest BCUT2D eigenvalue weighted by molar-refractivity contribution is 5.88. The van der Waals surface area contributed by atoms with E-state index < -0.39 is 17.7 Å². The molecule has 5 nitrogen and oxygen atoms in total. The fourth-order valence-corrected chi connectivity index (χ4v) is 3.51. The van der Waals surface area contributed by atoms with E-state index in [1.54, 1.807) is 0 Å². The van der Waals surface area contributed by atoms with Crippen LogP contribution in [-0.4, -0.2) is 41.9 Å². The lowest BCUT2D eigenvalue weighted by atomic mass is 10.0. The lowest BCUT2D eigenvalue weighted by Crippen LogP contribution is -2.54. The molecule has 2 heterocycles. The monoisotopic (exact) mass is 351 g/mol. The van der Waals surface area contributed by atoms with Crippen molar-refractivity contribution in [3.8, 4) is 0 Å². The van der Waals surface area contributed by atoms with Gasteiger partial charge in [0.1, 0.15) is 17.7 Å². The number of carbonyl (C=O) groups is 2. The van der Waals surface area contributed by atoms with E-state index in [4.69, 9.17) is 0 Å². The summed E-state index contributed by atoms with van der Waals surface area (Å²) >= 11 is 0. The van der Waals surface area contributed by atoms with Crippen molar-refractivity contribution in [3.05, 3.63) is 35.4 Å². The lowest BCUT2D eigenvalue weighted by Gasteiger charge is -2.34. The molecule has 0 bridgehead atoms. The van der Waals surface area contributed by atoms with Crippen LogP contribution in [-0.2, 0) is 16.1 Å². The van der Waals surface area contributed by atoms with Gasteiger partial charge in [-0.2, -0.15) is 0 Å². The van der Waals surface area contributed by atoms with Crippen LogP contribution in [0.5, 0.6) is 0 Å². The molecule has 0 saturated carbocycles. The first-order chi connectivity index (χ1) is 12.0. The minimum atomic E-state index is -0.584. The molecule has 2 aliphatic rings. The molecular weight excluding hydrogens is 328 g/mol. The predicted octanol–water partition coefficient (Wildman–Crippen LogP) is 1.71. The van der Waals surface area contributed by atoms with Crippen LogP contribution in [0.1, 0.15) is 37.7 Å². The third kappa shape index (κ3) is 4.75. The molecule has 2 fully saturated rings. The number of piperidine rings is 2. The summed E-state index contributed by atoms with van der Waals surface area (Å²) in [4.78, 5) is 25.8. The third-order valence-electron chi connectivity index (χ3n) is 4.81. The zero-order valence-electron chi connectivity index (χ0n) is 14.1. The minimum Gasteiger partial charge on any atom is -0.350 e. The first-order valence-corrected chi connectivity index (χ1v) is 8.77. The second-order valence-electron chi connectivity index (χ2n) is 6.83. The Morgan fingerprint density at radius 2 is 2.12 bits per heavy atom. The largest absolute Gasteiger partial charge is 0.350 e. The molecular formula is C18H23F2N3O2. The number of rotatable bonds is 4. The van der Waals surface area contributed by atoms with E-state index in [0.717, 1.165) is 31.9 Å². The second kappa shape index (κ2) is 7.91. The third-order valence-corrected chi connectivity index (χ3v) is 4.81. The van der Waals surface area contributed by atoms with Gasteiger partial charge < -0.3 is 10.6 Å². The molecule has 0 spiro atoms. The molecule has 2 N–H and O–H groups in total. The Morgan fingerprint density at radius 1 is 1.28 bits per heavy atom. The van der Waals surface area contributed by atoms with Crippen molar-refractivity contribution >= 4 is 11.8 Å². The molecule has 2 amide bonds. The Labute approximate surface area is 145 Å². The van der Waals surface area contributed by atoms with Crippen molar-refractivity contribution in [1.29, 1.82) is 0 Å². The summed E-state index contributed by atoms with van der Waals surface area (Å²) in [5.74, 6) is -1.35. The van der Waals surface area contributed by atoms with Crippen molar-refractivity contribution in [1.82, 2.24) is 15.5 Å². The van der Waals surface area contributed by atoms with Gasteiger partial charge in [0.2, 0.25) is 11.8 Å². The van der Waals surface area contributed by atoms with Crippen LogP contribution in [0, 0.1) is 11.6 Å². The zero-order valence-corrected chi connectivity index (χ0v) is 14.1. The first kappa shape index (κ1) is 17.8. The van der Waals surface area contributed by atoms with Crippen molar-refractivity contribution in [2.24, 2.45) is 0 Å². The van der Waals surface area contributed by atoms with Gasteiger partial charge in [-0.3, -0.25) is 14.5 Å². The van der Waals surface area contributed by atoms with Gasteiger partial charge in [-0.1, -0.05) is 6.07 Å². The van der Waals surface area contributed by atoms with Gasteiger partial charge in [0.15, 0.2) is 0 Å². The van der Waals surface area contributed by atoms with Gasteiger partial charge in [0, 0.05) is 37.2 Å². The van der Waals surface area contributed by atoms with Gasteiger partial charge in [0.25, 0.3) is 0 Å². The summed E-state index contributed by atoms with van der Waals surface area (Å²) in [6.45, 7) is 1.81. The molecule has 136 valence electrons. The molecule has 2 atom stereocenters. The highest BCUT2D eigenvalue weighted by atomic mass is 19.1. The van der Waals surface area contributed by atoms with Crippen LogP contribution in [0.4, 0.5) is 8.78 Å². The maximum absolute atomic E-state index is 13.8. The van der Waals surface area contributed by atoms with E-state index in [1.807, 2.05) is 0 Å². The summed E-state index contributed by atoms with van der Waals surface area (Å²) in [5.41, 5.74) is 0.452. The summed E-state index contributed by atoms with van der Waals surface area (Å²) in [6.07, 6.45) is 3.61. The summed E-state index contributed by atoms with van der Waals surface area (Å²) in [6, 6.07) is 3.14. The molecule has 25 heavy (non-hydrogen) atoms. The number of likely N-dealkylation sites (tertiary alicyclic amines) is 1. The van der Waals surface area contributed by atoms with Gasteiger partial charge in [-0.25, -0.2) is 8.78 Å². The summed E-state index contributed by atoms with van der Waals surface area (Å²) in [7, 11) is 0. The van der Waals surface area contributed by atoms with Crippen LogP contribution in [0.2, 0.25) is 0 Å². The van der Waals surface area contributed by atoms with E-state index >= 15 is 0 Å². The maximum atomic E-state index is 13.8. The second-order valence-corrected chi connectivity index (χ2v) is 6.83. The Balaban J connectivity index is 1.54. The van der Waals surface area contributed by atoms with Crippen LogP contribution >= 0.6 is 0 Å².